The van der Waals surface area contributed by atoms with E-state index >= 15 is 0 Å². The first kappa shape index (κ1) is 18.5. The summed E-state index contributed by atoms with van der Waals surface area (Å²) >= 11 is 1.82. The first-order valence-corrected chi connectivity index (χ1v) is 11.7. The van der Waals surface area contributed by atoms with Gasteiger partial charge in [0.1, 0.15) is 5.75 Å². The number of methoxy groups -OCH3 is 1. The van der Waals surface area contributed by atoms with Crippen molar-refractivity contribution in [3.63, 3.8) is 0 Å². The third-order valence-corrected chi connectivity index (χ3v) is 7.14. The van der Waals surface area contributed by atoms with E-state index in [-0.39, 0.29) is 0 Å². The molecule has 150 valence electrons. The van der Waals surface area contributed by atoms with Crippen LogP contribution in [0, 0.1) is 0 Å². The number of ether oxygens (including phenoxy) is 1. The van der Waals surface area contributed by atoms with Crippen molar-refractivity contribution in [3.05, 3.63) is 90.1 Å². The van der Waals surface area contributed by atoms with Gasteiger partial charge in [-0.05, 0) is 63.0 Å². The summed E-state index contributed by atoms with van der Waals surface area (Å²) in [5, 5.41) is 3.90. The number of rotatable bonds is 4. The fourth-order valence-corrected chi connectivity index (χ4v) is 5.79. The molecule has 2 nitrogen and oxygen atoms in total. The molecule has 1 aromatic heterocycles. The van der Waals surface area contributed by atoms with Crippen molar-refractivity contribution in [3.8, 4) is 28.0 Å². The Labute approximate surface area is 185 Å². The standard InChI is InChI=1S/C28H21NOS/c1-30-19-13-11-17(12-14-19)16-23-25-20-8-3-6-18-7-4-9-21(24(18)20)26(25)28(31-2)22-10-5-15-29-27(22)23/h3-15H,16H2,1-2H3. The molecule has 0 fully saturated rings. The van der Waals surface area contributed by atoms with E-state index in [1.54, 1.807) is 7.11 Å². The number of nitrogens with zero attached hydrogens (tertiary/aromatic N) is 1. The molecular weight excluding hydrogens is 398 g/mol. The van der Waals surface area contributed by atoms with Gasteiger partial charge in [-0.25, -0.2) is 0 Å². The highest BCUT2D eigenvalue weighted by atomic mass is 32.2. The van der Waals surface area contributed by atoms with E-state index < -0.39 is 0 Å². The Morgan fingerprint density at radius 3 is 2.29 bits per heavy atom. The van der Waals surface area contributed by atoms with Crippen LogP contribution in [0.2, 0.25) is 0 Å². The summed E-state index contributed by atoms with van der Waals surface area (Å²) in [5.74, 6) is 0.881. The maximum Gasteiger partial charge on any atom is 0.118 e. The van der Waals surface area contributed by atoms with Gasteiger partial charge in [-0.15, -0.1) is 11.8 Å². The van der Waals surface area contributed by atoms with E-state index in [4.69, 9.17) is 9.72 Å². The predicted octanol–water partition coefficient (Wildman–Crippen LogP) is 7.36. The minimum absolute atomic E-state index is 0.832. The van der Waals surface area contributed by atoms with Crippen LogP contribution >= 0.6 is 11.8 Å². The molecule has 1 aliphatic carbocycles. The lowest BCUT2D eigenvalue weighted by molar-refractivity contribution is 0.414. The summed E-state index contributed by atoms with van der Waals surface area (Å²) in [6.07, 6.45) is 4.92. The summed E-state index contributed by atoms with van der Waals surface area (Å²) in [6.45, 7) is 0. The second kappa shape index (κ2) is 7.14. The number of benzene rings is 4. The fraction of sp³-hybridized carbons (Fsp3) is 0.107. The molecule has 0 atom stereocenters. The average molecular weight is 420 g/mol. The number of fused-ring (bicyclic) bond motifs is 4. The van der Waals surface area contributed by atoms with Crippen molar-refractivity contribution >= 4 is 33.4 Å². The summed E-state index contributed by atoms with van der Waals surface area (Å²) in [4.78, 5) is 6.21. The van der Waals surface area contributed by atoms with E-state index in [0.29, 0.717) is 0 Å². The zero-order chi connectivity index (χ0) is 20.9. The Morgan fingerprint density at radius 2 is 1.58 bits per heavy atom. The second-order valence-electron chi connectivity index (χ2n) is 7.90. The van der Waals surface area contributed by atoms with E-state index in [2.05, 4.69) is 60.9 Å². The van der Waals surface area contributed by atoms with Crippen molar-refractivity contribution in [2.75, 3.05) is 13.4 Å². The predicted molar refractivity (Wildman–Crippen MR) is 131 cm³/mol. The van der Waals surface area contributed by atoms with E-state index in [1.807, 2.05) is 36.2 Å². The van der Waals surface area contributed by atoms with E-state index in [9.17, 15) is 0 Å². The van der Waals surface area contributed by atoms with Crippen LogP contribution in [0.1, 0.15) is 11.1 Å². The van der Waals surface area contributed by atoms with Crippen molar-refractivity contribution in [1.82, 2.24) is 4.98 Å². The summed E-state index contributed by atoms with van der Waals surface area (Å²) in [7, 11) is 1.71. The number of aromatic nitrogens is 1. The lowest BCUT2D eigenvalue weighted by Gasteiger charge is -2.18. The van der Waals surface area contributed by atoms with Gasteiger partial charge < -0.3 is 4.74 Å². The third-order valence-electron chi connectivity index (χ3n) is 6.30. The molecule has 0 aliphatic heterocycles. The van der Waals surface area contributed by atoms with Gasteiger partial charge in [0, 0.05) is 28.5 Å². The zero-order valence-corrected chi connectivity index (χ0v) is 18.3. The van der Waals surface area contributed by atoms with Crippen LogP contribution in [0.4, 0.5) is 0 Å². The number of hydrogen-bond donors (Lipinski definition) is 0. The molecule has 0 N–H and O–H groups in total. The Morgan fingerprint density at radius 1 is 0.839 bits per heavy atom. The summed E-state index contributed by atoms with van der Waals surface area (Å²) in [5.41, 5.74) is 9.05. The van der Waals surface area contributed by atoms with Crippen LogP contribution in [0.15, 0.2) is 83.9 Å². The lowest BCUT2D eigenvalue weighted by Crippen LogP contribution is -1.98. The molecule has 5 aromatic rings. The van der Waals surface area contributed by atoms with Crippen LogP contribution in [0.5, 0.6) is 5.75 Å². The molecule has 0 saturated carbocycles. The van der Waals surface area contributed by atoms with Crippen LogP contribution in [0.25, 0.3) is 43.9 Å². The molecule has 0 unspecified atom stereocenters. The van der Waals surface area contributed by atoms with Crippen LogP contribution < -0.4 is 4.74 Å². The third kappa shape index (κ3) is 2.70. The monoisotopic (exact) mass is 419 g/mol. The first-order chi connectivity index (χ1) is 15.3. The number of pyridine rings is 1. The molecule has 1 aliphatic rings. The Balaban J connectivity index is 1.71. The normalized spacial score (nSPS) is 11.8. The lowest BCUT2D eigenvalue weighted by atomic mass is 9.90. The largest absolute Gasteiger partial charge is 0.497 e. The smallest absolute Gasteiger partial charge is 0.118 e. The molecule has 3 heteroatoms. The van der Waals surface area contributed by atoms with Crippen molar-refractivity contribution in [2.24, 2.45) is 0 Å². The quantitative estimate of drug-likeness (QED) is 0.279. The molecule has 0 amide bonds. The number of hydrogen-bond acceptors (Lipinski definition) is 3. The van der Waals surface area contributed by atoms with Crippen LogP contribution in [-0.2, 0) is 6.42 Å². The summed E-state index contributed by atoms with van der Waals surface area (Å²) in [6, 6.07) is 26.0. The SMILES string of the molecule is COc1ccc(Cc2c3c(c(SC)c4cccnc24)-c2cccc4cccc-3c24)cc1. The van der Waals surface area contributed by atoms with Crippen LogP contribution in [-0.4, -0.2) is 18.3 Å². The van der Waals surface area contributed by atoms with Gasteiger partial charge in [0.25, 0.3) is 0 Å². The molecule has 6 rings (SSSR count). The minimum atomic E-state index is 0.832. The van der Waals surface area contributed by atoms with Crippen molar-refractivity contribution in [1.29, 1.82) is 0 Å². The highest BCUT2D eigenvalue weighted by Gasteiger charge is 2.29. The highest BCUT2D eigenvalue weighted by molar-refractivity contribution is 7.99. The van der Waals surface area contributed by atoms with E-state index in [0.717, 1.165) is 17.7 Å². The molecule has 1 heterocycles. The average Bonchev–Trinajstić information content (AvgIpc) is 3.16. The first-order valence-electron chi connectivity index (χ1n) is 10.4. The summed E-state index contributed by atoms with van der Waals surface area (Å²) < 4.78 is 5.36. The Hall–Kier alpha value is -3.30. The van der Waals surface area contributed by atoms with Crippen LogP contribution in [0.3, 0.4) is 0 Å². The number of thioether (sulfide) groups is 1. The topological polar surface area (TPSA) is 22.1 Å². The minimum Gasteiger partial charge on any atom is -0.497 e. The molecule has 0 bridgehead atoms. The highest BCUT2D eigenvalue weighted by Crippen LogP contribution is 2.54. The zero-order valence-electron chi connectivity index (χ0n) is 17.5. The van der Waals surface area contributed by atoms with Gasteiger partial charge in [0.05, 0.1) is 12.6 Å². The second-order valence-corrected chi connectivity index (χ2v) is 8.71. The fourth-order valence-electron chi connectivity index (χ4n) is 4.99. The Bertz CT molecular complexity index is 1470. The molecule has 4 aromatic carbocycles. The van der Waals surface area contributed by atoms with Crippen molar-refractivity contribution in [2.45, 2.75) is 11.3 Å². The maximum absolute atomic E-state index is 5.36. The van der Waals surface area contributed by atoms with Crippen molar-refractivity contribution < 1.29 is 4.74 Å². The molecular formula is C28H21NOS. The van der Waals surface area contributed by atoms with Gasteiger partial charge in [-0.2, -0.15) is 0 Å². The maximum atomic E-state index is 5.36. The van der Waals surface area contributed by atoms with Gasteiger partial charge in [0.15, 0.2) is 0 Å². The van der Waals surface area contributed by atoms with Gasteiger partial charge in [-0.1, -0.05) is 54.6 Å². The molecule has 0 saturated heterocycles. The Kier molecular flexibility index (Phi) is 4.25. The van der Waals surface area contributed by atoms with Gasteiger partial charge in [0.2, 0.25) is 0 Å². The van der Waals surface area contributed by atoms with Gasteiger partial charge in [-0.3, -0.25) is 4.98 Å². The molecule has 0 radical (unpaired) electrons. The molecule has 0 spiro atoms. The van der Waals surface area contributed by atoms with Gasteiger partial charge >= 0.3 is 0 Å². The molecule has 31 heavy (non-hydrogen) atoms. The van der Waals surface area contributed by atoms with E-state index in [1.165, 1.54) is 54.4 Å².